The standard InChI is InChI=1S/C15H23NO3.ClH/c1-11(17)12-6-5-7-14(8-12)19-10-13(18)9-16-15(2,3)4;/h5-8,13,16,18H,9-10H2,1-4H3;1H. The zero-order valence-electron chi connectivity index (χ0n) is 12.5. The number of carbonyl (C=O) groups excluding carboxylic acids is 1. The van der Waals surface area contributed by atoms with Crippen LogP contribution in [0.15, 0.2) is 24.3 Å². The van der Waals surface area contributed by atoms with E-state index in [4.69, 9.17) is 4.74 Å². The van der Waals surface area contributed by atoms with Gasteiger partial charge in [-0.05, 0) is 39.8 Å². The van der Waals surface area contributed by atoms with Crippen LogP contribution < -0.4 is 10.1 Å². The second kappa shape index (κ2) is 8.25. The lowest BCUT2D eigenvalue weighted by Gasteiger charge is -2.23. The Kier molecular flexibility index (Phi) is 7.79. The third-order valence-electron chi connectivity index (χ3n) is 2.55. The SMILES string of the molecule is CC(=O)c1cccc(OCC(O)CNC(C)(C)C)c1.Cl. The minimum absolute atomic E-state index is 0. The van der Waals surface area contributed by atoms with Crippen molar-refractivity contribution < 1.29 is 14.6 Å². The van der Waals surface area contributed by atoms with E-state index < -0.39 is 6.10 Å². The lowest BCUT2D eigenvalue weighted by atomic mass is 10.1. The van der Waals surface area contributed by atoms with Crippen molar-refractivity contribution in [1.29, 1.82) is 0 Å². The number of hydrogen-bond acceptors (Lipinski definition) is 4. The van der Waals surface area contributed by atoms with E-state index in [1.54, 1.807) is 24.3 Å². The molecule has 20 heavy (non-hydrogen) atoms. The van der Waals surface area contributed by atoms with E-state index in [2.05, 4.69) is 5.32 Å². The zero-order chi connectivity index (χ0) is 14.5. The van der Waals surface area contributed by atoms with Crippen molar-refractivity contribution in [2.75, 3.05) is 13.2 Å². The summed E-state index contributed by atoms with van der Waals surface area (Å²) < 4.78 is 5.48. The summed E-state index contributed by atoms with van der Waals surface area (Å²) >= 11 is 0. The Morgan fingerprint density at radius 3 is 2.60 bits per heavy atom. The molecule has 0 saturated heterocycles. The highest BCUT2D eigenvalue weighted by atomic mass is 35.5. The van der Waals surface area contributed by atoms with E-state index in [1.807, 2.05) is 20.8 Å². The van der Waals surface area contributed by atoms with E-state index in [0.717, 1.165) is 0 Å². The van der Waals surface area contributed by atoms with E-state index in [9.17, 15) is 9.90 Å². The summed E-state index contributed by atoms with van der Waals surface area (Å²) in [5, 5.41) is 13.0. The average Bonchev–Trinajstić information content (AvgIpc) is 2.33. The van der Waals surface area contributed by atoms with Crippen molar-refractivity contribution in [1.82, 2.24) is 5.32 Å². The molecule has 0 spiro atoms. The van der Waals surface area contributed by atoms with Crippen LogP contribution in [0.4, 0.5) is 0 Å². The molecule has 0 aromatic heterocycles. The highest BCUT2D eigenvalue weighted by Crippen LogP contribution is 2.14. The molecule has 0 radical (unpaired) electrons. The van der Waals surface area contributed by atoms with Gasteiger partial charge >= 0.3 is 0 Å². The molecule has 0 amide bonds. The van der Waals surface area contributed by atoms with Crippen LogP contribution in [0.3, 0.4) is 0 Å². The molecule has 1 rings (SSSR count). The molecular formula is C15H24ClNO3. The number of nitrogens with one attached hydrogen (secondary N) is 1. The molecule has 1 unspecified atom stereocenters. The van der Waals surface area contributed by atoms with Crippen LogP contribution in [-0.4, -0.2) is 35.7 Å². The fourth-order valence-electron chi connectivity index (χ4n) is 1.48. The Balaban J connectivity index is 0.00000361. The third-order valence-corrected chi connectivity index (χ3v) is 2.55. The van der Waals surface area contributed by atoms with Gasteiger partial charge in [0.05, 0.1) is 0 Å². The van der Waals surface area contributed by atoms with E-state index >= 15 is 0 Å². The van der Waals surface area contributed by atoms with Crippen LogP contribution in [-0.2, 0) is 0 Å². The van der Waals surface area contributed by atoms with Gasteiger partial charge in [-0.1, -0.05) is 12.1 Å². The minimum Gasteiger partial charge on any atom is -0.491 e. The number of carbonyl (C=O) groups is 1. The molecule has 1 atom stereocenters. The Hall–Kier alpha value is -1.10. The Morgan fingerprint density at radius 2 is 2.05 bits per heavy atom. The molecule has 0 aliphatic rings. The maximum Gasteiger partial charge on any atom is 0.159 e. The number of Topliss-reactive ketones (excluding diaryl/α,β-unsaturated/α-hetero) is 1. The van der Waals surface area contributed by atoms with Crippen molar-refractivity contribution in [2.45, 2.75) is 39.3 Å². The van der Waals surface area contributed by atoms with Gasteiger partial charge in [-0.25, -0.2) is 0 Å². The summed E-state index contributed by atoms with van der Waals surface area (Å²) in [5.41, 5.74) is 0.579. The largest absolute Gasteiger partial charge is 0.491 e. The fourth-order valence-corrected chi connectivity index (χ4v) is 1.48. The quantitative estimate of drug-likeness (QED) is 0.792. The maximum atomic E-state index is 11.2. The highest BCUT2D eigenvalue weighted by molar-refractivity contribution is 5.94. The molecule has 0 heterocycles. The summed E-state index contributed by atoms with van der Waals surface area (Å²) in [6, 6.07) is 6.97. The second-order valence-corrected chi connectivity index (χ2v) is 5.68. The summed E-state index contributed by atoms with van der Waals surface area (Å²) in [6.07, 6.45) is -0.583. The lowest BCUT2D eigenvalue weighted by molar-refractivity contribution is 0.0991. The molecule has 2 N–H and O–H groups in total. The number of halogens is 1. The van der Waals surface area contributed by atoms with Crippen LogP contribution in [0.5, 0.6) is 5.75 Å². The number of hydrogen-bond donors (Lipinski definition) is 2. The van der Waals surface area contributed by atoms with E-state index in [1.165, 1.54) is 6.92 Å². The van der Waals surface area contributed by atoms with E-state index in [-0.39, 0.29) is 30.3 Å². The van der Waals surface area contributed by atoms with Crippen molar-refractivity contribution in [3.8, 4) is 5.75 Å². The molecule has 5 heteroatoms. The van der Waals surface area contributed by atoms with Crippen LogP contribution in [0, 0.1) is 0 Å². The molecule has 1 aromatic carbocycles. The number of rotatable bonds is 6. The van der Waals surface area contributed by atoms with Gasteiger partial charge in [0.15, 0.2) is 5.78 Å². The number of ketones is 1. The van der Waals surface area contributed by atoms with Gasteiger partial charge in [0.2, 0.25) is 0 Å². The minimum atomic E-state index is -0.583. The van der Waals surface area contributed by atoms with Crippen molar-refractivity contribution in [3.05, 3.63) is 29.8 Å². The molecular weight excluding hydrogens is 278 g/mol. The lowest BCUT2D eigenvalue weighted by Crippen LogP contribution is -2.42. The monoisotopic (exact) mass is 301 g/mol. The van der Waals surface area contributed by atoms with Gasteiger partial charge in [-0.2, -0.15) is 0 Å². The number of ether oxygens (including phenoxy) is 1. The Bertz CT molecular complexity index is 429. The van der Waals surface area contributed by atoms with Crippen LogP contribution in [0.1, 0.15) is 38.1 Å². The van der Waals surface area contributed by atoms with Crippen molar-refractivity contribution in [3.63, 3.8) is 0 Å². The first-order valence-corrected chi connectivity index (χ1v) is 6.45. The van der Waals surface area contributed by atoms with Crippen molar-refractivity contribution >= 4 is 18.2 Å². The predicted molar refractivity (Wildman–Crippen MR) is 83.0 cm³/mol. The summed E-state index contributed by atoms with van der Waals surface area (Å²) in [6.45, 7) is 8.30. The number of aliphatic hydroxyl groups is 1. The Labute approximate surface area is 126 Å². The fraction of sp³-hybridized carbons (Fsp3) is 0.533. The molecule has 0 aliphatic heterocycles. The second-order valence-electron chi connectivity index (χ2n) is 5.68. The first-order chi connectivity index (χ1) is 8.78. The average molecular weight is 302 g/mol. The summed E-state index contributed by atoms with van der Waals surface area (Å²) in [4.78, 5) is 11.2. The van der Waals surface area contributed by atoms with Gasteiger partial charge in [-0.15, -0.1) is 12.4 Å². The maximum absolute atomic E-state index is 11.2. The molecule has 0 saturated carbocycles. The van der Waals surface area contributed by atoms with Crippen LogP contribution in [0.25, 0.3) is 0 Å². The van der Waals surface area contributed by atoms with Gasteiger partial charge < -0.3 is 15.2 Å². The smallest absolute Gasteiger partial charge is 0.159 e. The van der Waals surface area contributed by atoms with Crippen LogP contribution in [0.2, 0.25) is 0 Å². The van der Waals surface area contributed by atoms with Crippen molar-refractivity contribution in [2.24, 2.45) is 0 Å². The zero-order valence-corrected chi connectivity index (χ0v) is 13.3. The Morgan fingerprint density at radius 1 is 1.40 bits per heavy atom. The molecule has 0 fully saturated rings. The normalized spacial score (nSPS) is 12.4. The first kappa shape index (κ1) is 18.9. The van der Waals surface area contributed by atoms with Gasteiger partial charge in [-0.3, -0.25) is 4.79 Å². The summed E-state index contributed by atoms with van der Waals surface area (Å²) in [7, 11) is 0. The first-order valence-electron chi connectivity index (χ1n) is 6.45. The molecule has 114 valence electrons. The number of β-amino-alcohol motifs (C(OH)–C–C–N with tert-alkyl or cyclic N) is 1. The van der Waals surface area contributed by atoms with Gasteiger partial charge in [0, 0.05) is 17.6 Å². The molecule has 0 bridgehead atoms. The predicted octanol–water partition coefficient (Wildman–Crippen LogP) is 2.44. The van der Waals surface area contributed by atoms with Gasteiger partial charge in [0.25, 0.3) is 0 Å². The summed E-state index contributed by atoms with van der Waals surface area (Å²) in [5.74, 6) is 0.600. The van der Waals surface area contributed by atoms with E-state index in [0.29, 0.717) is 17.9 Å². The van der Waals surface area contributed by atoms with Gasteiger partial charge in [0.1, 0.15) is 18.5 Å². The third kappa shape index (κ3) is 7.48. The molecule has 1 aromatic rings. The molecule has 4 nitrogen and oxygen atoms in total. The van der Waals surface area contributed by atoms with Crippen LogP contribution >= 0.6 is 12.4 Å². The number of aliphatic hydroxyl groups excluding tert-OH is 1. The molecule has 0 aliphatic carbocycles. The number of benzene rings is 1. The topological polar surface area (TPSA) is 58.6 Å². The highest BCUT2D eigenvalue weighted by Gasteiger charge is 2.12.